The molecule has 0 saturated heterocycles. The first-order valence-electron chi connectivity index (χ1n) is 17.3. The van der Waals surface area contributed by atoms with Crippen LogP contribution in [0.3, 0.4) is 0 Å². The summed E-state index contributed by atoms with van der Waals surface area (Å²) >= 11 is 3.83. The molecule has 0 aliphatic rings. The number of fused-ring (bicyclic) bond motifs is 10. The van der Waals surface area contributed by atoms with Crippen LogP contribution in [0.25, 0.3) is 101 Å². The summed E-state index contributed by atoms with van der Waals surface area (Å²) in [5.41, 5.74) is 11.2. The summed E-state index contributed by atoms with van der Waals surface area (Å²) in [7, 11) is 0. The van der Waals surface area contributed by atoms with Crippen LogP contribution in [0.2, 0.25) is 0 Å². The molecule has 1 nitrogen and oxygen atoms in total. The molecule has 238 valence electrons. The third-order valence-corrected chi connectivity index (χ3v) is 12.9. The molecule has 3 aromatic heterocycles. The monoisotopic (exact) mass is 683 g/mol. The first-order chi connectivity index (χ1) is 25.3. The molecular formula is C48H29NS2. The van der Waals surface area contributed by atoms with Crippen molar-refractivity contribution in [2.75, 3.05) is 0 Å². The van der Waals surface area contributed by atoms with E-state index in [1.54, 1.807) is 0 Å². The SMILES string of the molecule is c1ccc(-c2ccc(-c3cccc(-c4cccc5c4sc4c(-n6c7ccccc7c7ccc8c9ccccc9sc8c76)cccc45)c3)cc2)cc1. The Bertz CT molecular complexity index is 3120. The molecule has 0 atom stereocenters. The van der Waals surface area contributed by atoms with Gasteiger partial charge in [0.2, 0.25) is 0 Å². The molecule has 0 unspecified atom stereocenters. The van der Waals surface area contributed by atoms with Gasteiger partial charge >= 0.3 is 0 Å². The van der Waals surface area contributed by atoms with Gasteiger partial charge in [-0.1, -0.05) is 152 Å². The second-order valence-corrected chi connectivity index (χ2v) is 15.3. The molecule has 3 heterocycles. The predicted octanol–water partition coefficient (Wildman–Crippen LogP) is 14.5. The van der Waals surface area contributed by atoms with E-state index in [0.717, 1.165) is 0 Å². The van der Waals surface area contributed by atoms with Crippen molar-refractivity contribution in [3.8, 4) is 39.1 Å². The number of para-hydroxylation sites is 1. The van der Waals surface area contributed by atoms with Gasteiger partial charge < -0.3 is 4.57 Å². The van der Waals surface area contributed by atoms with Gasteiger partial charge in [-0.25, -0.2) is 0 Å². The highest BCUT2D eigenvalue weighted by Crippen LogP contribution is 2.47. The average Bonchev–Trinajstić information content (AvgIpc) is 3.88. The van der Waals surface area contributed by atoms with E-state index < -0.39 is 0 Å². The van der Waals surface area contributed by atoms with Crippen LogP contribution >= 0.6 is 22.7 Å². The number of benzene rings is 8. The second kappa shape index (κ2) is 11.3. The summed E-state index contributed by atoms with van der Waals surface area (Å²) in [5.74, 6) is 0. The Labute approximate surface area is 302 Å². The van der Waals surface area contributed by atoms with Crippen molar-refractivity contribution in [1.82, 2.24) is 4.57 Å². The van der Waals surface area contributed by atoms with Crippen molar-refractivity contribution in [3.05, 3.63) is 176 Å². The molecule has 0 spiro atoms. The average molecular weight is 684 g/mol. The van der Waals surface area contributed by atoms with Gasteiger partial charge in [0.25, 0.3) is 0 Å². The number of rotatable bonds is 4. The lowest BCUT2D eigenvalue weighted by Gasteiger charge is -2.10. The summed E-state index contributed by atoms with van der Waals surface area (Å²) in [4.78, 5) is 0. The fraction of sp³-hybridized carbons (Fsp3) is 0. The normalized spacial score (nSPS) is 11.9. The van der Waals surface area contributed by atoms with Gasteiger partial charge in [0.1, 0.15) is 0 Å². The quantitative estimate of drug-likeness (QED) is 0.174. The molecule has 0 radical (unpaired) electrons. The number of hydrogen-bond donors (Lipinski definition) is 0. The van der Waals surface area contributed by atoms with Crippen LogP contribution in [-0.4, -0.2) is 4.57 Å². The highest BCUT2D eigenvalue weighted by atomic mass is 32.1. The van der Waals surface area contributed by atoms with E-state index in [0.29, 0.717) is 0 Å². The van der Waals surface area contributed by atoms with Gasteiger partial charge in [-0.05, 0) is 57.6 Å². The first-order valence-corrected chi connectivity index (χ1v) is 19.0. The minimum absolute atomic E-state index is 1.22. The summed E-state index contributed by atoms with van der Waals surface area (Å²) in [5, 5.41) is 7.86. The van der Waals surface area contributed by atoms with Crippen LogP contribution in [0.15, 0.2) is 176 Å². The molecule has 8 aromatic carbocycles. The molecule has 51 heavy (non-hydrogen) atoms. The molecule has 0 amide bonds. The standard InChI is InChI=1S/C48H29NS2/c1-2-11-30(12-3-1)31-23-25-32(26-24-31)33-13-8-14-34(29-33)35-17-9-18-39-40-19-10-21-43(47(40)51-46(35)39)49-42-20-6-4-15-36(42)38-27-28-41-37-16-5-7-22-44(37)50-48(41)45(38)49/h1-29H. The largest absolute Gasteiger partial charge is 0.306 e. The van der Waals surface area contributed by atoms with Crippen molar-refractivity contribution in [2.45, 2.75) is 0 Å². The smallest absolute Gasteiger partial charge is 0.0720 e. The van der Waals surface area contributed by atoms with Gasteiger partial charge in [0, 0.05) is 41.7 Å². The van der Waals surface area contributed by atoms with Crippen LogP contribution in [0.4, 0.5) is 0 Å². The van der Waals surface area contributed by atoms with E-state index in [1.807, 2.05) is 22.7 Å². The first kappa shape index (κ1) is 28.8. The molecule has 0 bridgehead atoms. The lowest BCUT2D eigenvalue weighted by Crippen LogP contribution is -1.94. The van der Waals surface area contributed by atoms with Crippen molar-refractivity contribution in [3.63, 3.8) is 0 Å². The molecule has 3 heteroatoms. The van der Waals surface area contributed by atoms with Crippen LogP contribution in [-0.2, 0) is 0 Å². The van der Waals surface area contributed by atoms with Gasteiger partial charge in [0.15, 0.2) is 0 Å². The maximum Gasteiger partial charge on any atom is 0.0720 e. The third kappa shape index (κ3) is 4.39. The van der Waals surface area contributed by atoms with Gasteiger partial charge in [0.05, 0.1) is 26.1 Å². The fourth-order valence-corrected chi connectivity index (χ4v) is 10.6. The lowest BCUT2D eigenvalue weighted by atomic mass is 9.96. The maximum atomic E-state index is 2.54. The Morgan fingerprint density at radius 3 is 1.78 bits per heavy atom. The Hall–Kier alpha value is -6.00. The molecule has 0 fully saturated rings. The molecule has 0 N–H and O–H groups in total. The Morgan fingerprint density at radius 2 is 0.922 bits per heavy atom. The molecule has 0 aliphatic heterocycles. The van der Waals surface area contributed by atoms with Crippen LogP contribution in [0, 0.1) is 0 Å². The van der Waals surface area contributed by atoms with Gasteiger partial charge in [-0.15, -0.1) is 22.7 Å². The predicted molar refractivity (Wildman–Crippen MR) is 223 cm³/mol. The molecule has 0 saturated carbocycles. The van der Waals surface area contributed by atoms with Crippen molar-refractivity contribution < 1.29 is 0 Å². The highest BCUT2D eigenvalue weighted by Gasteiger charge is 2.21. The molecule has 0 aliphatic carbocycles. The Morgan fingerprint density at radius 1 is 0.333 bits per heavy atom. The fourth-order valence-electron chi connectivity index (χ4n) is 8.04. The number of aromatic nitrogens is 1. The Kier molecular flexibility index (Phi) is 6.36. The lowest BCUT2D eigenvalue weighted by molar-refractivity contribution is 1.21. The summed E-state index contributed by atoms with van der Waals surface area (Å²) in [6.45, 7) is 0. The van der Waals surface area contributed by atoms with Crippen molar-refractivity contribution >= 4 is 84.8 Å². The van der Waals surface area contributed by atoms with E-state index in [-0.39, 0.29) is 0 Å². The number of thiophene rings is 2. The highest BCUT2D eigenvalue weighted by molar-refractivity contribution is 7.27. The zero-order valence-corrected chi connectivity index (χ0v) is 29.1. The van der Waals surface area contributed by atoms with Gasteiger partial charge in [-0.3, -0.25) is 0 Å². The van der Waals surface area contributed by atoms with Crippen LogP contribution in [0.5, 0.6) is 0 Å². The topological polar surface area (TPSA) is 4.93 Å². The summed E-state index contributed by atoms with van der Waals surface area (Å²) in [6, 6.07) is 64.6. The third-order valence-electron chi connectivity index (χ3n) is 10.4. The van der Waals surface area contributed by atoms with Crippen molar-refractivity contribution in [1.29, 1.82) is 0 Å². The molecule has 11 aromatic rings. The van der Waals surface area contributed by atoms with Crippen molar-refractivity contribution in [2.24, 2.45) is 0 Å². The summed E-state index contributed by atoms with van der Waals surface area (Å²) < 4.78 is 7.85. The van der Waals surface area contributed by atoms with E-state index in [1.165, 1.54) is 101 Å². The number of nitrogens with zero attached hydrogens (tertiary/aromatic N) is 1. The van der Waals surface area contributed by atoms with Gasteiger partial charge in [-0.2, -0.15) is 0 Å². The van der Waals surface area contributed by atoms with Crippen LogP contribution in [0.1, 0.15) is 0 Å². The maximum absolute atomic E-state index is 2.54. The van der Waals surface area contributed by atoms with E-state index >= 15 is 0 Å². The zero-order valence-electron chi connectivity index (χ0n) is 27.5. The van der Waals surface area contributed by atoms with Crippen LogP contribution < -0.4 is 0 Å². The van der Waals surface area contributed by atoms with E-state index in [9.17, 15) is 0 Å². The minimum atomic E-state index is 1.22. The summed E-state index contributed by atoms with van der Waals surface area (Å²) in [6.07, 6.45) is 0. The number of hydrogen-bond acceptors (Lipinski definition) is 2. The second-order valence-electron chi connectivity index (χ2n) is 13.3. The molecular weight excluding hydrogens is 655 g/mol. The zero-order chi connectivity index (χ0) is 33.5. The molecule has 11 rings (SSSR count). The van der Waals surface area contributed by atoms with E-state index in [2.05, 4.69) is 180 Å². The minimum Gasteiger partial charge on any atom is -0.306 e. The Balaban J connectivity index is 1.11. The van der Waals surface area contributed by atoms with E-state index in [4.69, 9.17) is 0 Å².